The lowest BCUT2D eigenvalue weighted by atomic mass is 10.5. The molecule has 0 aliphatic carbocycles. The molecular formula is C4H2F3N. The molecule has 0 amide bonds. The van der Waals surface area contributed by atoms with Gasteiger partial charge in [-0.1, -0.05) is 0 Å². The first-order valence-electron chi connectivity index (χ1n) is 1.70. The van der Waals surface area contributed by atoms with E-state index >= 15 is 0 Å². The van der Waals surface area contributed by atoms with Crippen molar-refractivity contribution in [2.24, 2.45) is 0 Å². The molecule has 0 saturated carbocycles. The van der Waals surface area contributed by atoms with Gasteiger partial charge in [0.25, 0.3) is 0 Å². The summed E-state index contributed by atoms with van der Waals surface area (Å²) in [5, 5.41) is 7.59. The van der Waals surface area contributed by atoms with Crippen LogP contribution in [0.2, 0.25) is 0 Å². The lowest BCUT2D eigenvalue weighted by Gasteiger charge is -1.92. The predicted octanol–water partition coefficient (Wildman–Crippen LogP) is 1.63. The number of allylic oxidation sites excluding steroid dienone is 2. The van der Waals surface area contributed by atoms with Crippen LogP contribution in [0, 0.1) is 11.3 Å². The Balaban J connectivity index is 3.75. The molecule has 0 N–H and O–H groups in total. The fraction of sp³-hybridized carbons (Fsp3) is 0.250. The van der Waals surface area contributed by atoms with Crippen molar-refractivity contribution >= 4 is 0 Å². The van der Waals surface area contributed by atoms with Crippen molar-refractivity contribution in [1.82, 2.24) is 0 Å². The molecular weight excluding hydrogens is 119 g/mol. The standard InChI is InChI=1S/C4H2F3N/c5-4(6,7)2-1-3-8/h1-2H/b2-1+. The van der Waals surface area contributed by atoms with E-state index in [1.807, 2.05) is 0 Å². The lowest BCUT2D eigenvalue weighted by molar-refractivity contribution is -0.0797. The van der Waals surface area contributed by atoms with Gasteiger partial charge in [0.2, 0.25) is 0 Å². The van der Waals surface area contributed by atoms with Crippen LogP contribution in [-0.4, -0.2) is 6.18 Å². The van der Waals surface area contributed by atoms with Gasteiger partial charge in [-0.2, -0.15) is 18.4 Å². The van der Waals surface area contributed by atoms with E-state index in [1.54, 1.807) is 0 Å². The second-order valence-corrected chi connectivity index (χ2v) is 1.00. The molecule has 0 aliphatic heterocycles. The fourth-order valence-corrected chi connectivity index (χ4v) is 0.132. The minimum Gasteiger partial charge on any atom is -0.193 e. The van der Waals surface area contributed by atoms with Crippen LogP contribution in [0.1, 0.15) is 0 Å². The summed E-state index contributed by atoms with van der Waals surface area (Å²) in [7, 11) is 0. The molecule has 0 aliphatic rings. The third-order valence-electron chi connectivity index (χ3n) is 0.347. The number of hydrogen-bond donors (Lipinski definition) is 0. The Bertz CT molecular complexity index is 127. The second kappa shape index (κ2) is 2.36. The van der Waals surface area contributed by atoms with Crippen LogP contribution in [-0.2, 0) is 0 Å². The molecule has 0 aromatic rings. The molecule has 0 saturated heterocycles. The number of alkyl halides is 3. The van der Waals surface area contributed by atoms with Gasteiger partial charge in [-0.25, -0.2) is 0 Å². The van der Waals surface area contributed by atoms with Crippen LogP contribution < -0.4 is 0 Å². The largest absolute Gasteiger partial charge is 0.410 e. The van der Waals surface area contributed by atoms with Gasteiger partial charge < -0.3 is 0 Å². The van der Waals surface area contributed by atoms with Gasteiger partial charge in [-0.05, 0) is 0 Å². The summed E-state index contributed by atoms with van der Waals surface area (Å²) >= 11 is 0. The van der Waals surface area contributed by atoms with Gasteiger partial charge in [0.15, 0.2) is 0 Å². The maximum Gasteiger partial charge on any atom is 0.410 e. The first-order chi connectivity index (χ1) is 3.56. The molecule has 1 nitrogen and oxygen atoms in total. The number of hydrogen-bond acceptors (Lipinski definition) is 1. The van der Waals surface area contributed by atoms with Crippen LogP contribution >= 0.6 is 0 Å². The monoisotopic (exact) mass is 121 g/mol. The van der Waals surface area contributed by atoms with E-state index in [4.69, 9.17) is 5.26 Å². The molecule has 0 heterocycles. The Hall–Kier alpha value is -0.980. The van der Waals surface area contributed by atoms with Crippen molar-refractivity contribution in [2.75, 3.05) is 0 Å². The first-order valence-corrected chi connectivity index (χ1v) is 1.70. The molecule has 0 rings (SSSR count). The second-order valence-electron chi connectivity index (χ2n) is 1.00. The van der Waals surface area contributed by atoms with Crippen molar-refractivity contribution in [2.45, 2.75) is 6.18 Å². The Kier molecular flexibility index (Phi) is 2.07. The number of nitrogens with zero attached hydrogens (tertiary/aromatic N) is 1. The molecule has 0 aromatic heterocycles. The summed E-state index contributed by atoms with van der Waals surface area (Å²) < 4.78 is 33.0. The molecule has 0 unspecified atom stereocenters. The van der Waals surface area contributed by atoms with E-state index in [-0.39, 0.29) is 6.08 Å². The van der Waals surface area contributed by atoms with E-state index in [2.05, 4.69) is 0 Å². The van der Waals surface area contributed by atoms with E-state index in [0.29, 0.717) is 6.08 Å². The first kappa shape index (κ1) is 7.02. The molecule has 8 heavy (non-hydrogen) atoms. The van der Waals surface area contributed by atoms with Gasteiger partial charge in [0.05, 0.1) is 6.07 Å². The van der Waals surface area contributed by atoms with Crippen LogP contribution in [0.3, 0.4) is 0 Å². The molecule has 0 aromatic carbocycles. The third kappa shape index (κ3) is 5.02. The Morgan fingerprint density at radius 3 is 2.00 bits per heavy atom. The molecule has 4 heteroatoms. The van der Waals surface area contributed by atoms with Crippen molar-refractivity contribution < 1.29 is 13.2 Å². The van der Waals surface area contributed by atoms with Crippen molar-refractivity contribution in [1.29, 1.82) is 5.26 Å². The predicted molar refractivity (Wildman–Crippen MR) is 20.8 cm³/mol. The zero-order chi connectivity index (χ0) is 6.62. The normalized spacial score (nSPS) is 11.8. The third-order valence-corrected chi connectivity index (χ3v) is 0.347. The van der Waals surface area contributed by atoms with Crippen molar-refractivity contribution in [3.05, 3.63) is 12.2 Å². The van der Waals surface area contributed by atoms with E-state index in [9.17, 15) is 13.2 Å². The van der Waals surface area contributed by atoms with E-state index in [0.717, 1.165) is 0 Å². The highest BCUT2D eigenvalue weighted by molar-refractivity contribution is 5.04. The highest BCUT2D eigenvalue weighted by atomic mass is 19.4. The van der Waals surface area contributed by atoms with Crippen molar-refractivity contribution in [3.8, 4) is 6.07 Å². The maximum atomic E-state index is 11.0. The van der Waals surface area contributed by atoms with Gasteiger partial charge in [-0.15, -0.1) is 0 Å². The van der Waals surface area contributed by atoms with Crippen LogP contribution in [0.4, 0.5) is 13.2 Å². The minimum absolute atomic E-state index is 0.118. The Morgan fingerprint density at radius 2 is 1.88 bits per heavy atom. The van der Waals surface area contributed by atoms with Gasteiger partial charge in [-0.3, -0.25) is 0 Å². The zero-order valence-electron chi connectivity index (χ0n) is 3.74. The Morgan fingerprint density at radius 1 is 1.38 bits per heavy atom. The molecule has 0 atom stereocenters. The average molecular weight is 121 g/mol. The molecule has 44 valence electrons. The van der Waals surface area contributed by atoms with E-state index in [1.165, 1.54) is 6.07 Å². The summed E-state index contributed by atoms with van der Waals surface area (Å²) in [5.41, 5.74) is 0. The summed E-state index contributed by atoms with van der Waals surface area (Å²) in [5.74, 6) is 0. The maximum absolute atomic E-state index is 11.0. The van der Waals surface area contributed by atoms with Crippen molar-refractivity contribution in [3.63, 3.8) is 0 Å². The highest BCUT2D eigenvalue weighted by Crippen LogP contribution is 2.15. The molecule has 0 bridgehead atoms. The Labute approximate surface area is 44.0 Å². The quantitative estimate of drug-likeness (QED) is 0.447. The zero-order valence-corrected chi connectivity index (χ0v) is 3.74. The smallest absolute Gasteiger partial charge is 0.193 e. The number of halogens is 3. The SMILES string of the molecule is N#C/C=C/C(F)(F)F. The minimum atomic E-state index is -4.35. The lowest BCUT2D eigenvalue weighted by Crippen LogP contribution is -1.99. The van der Waals surface area contributed by atoms with Gasteiger partial charge >= 0.3 is 6.18 Å². The molecule has 0 radical (unpaired) electrons. The molecule has 0 spiro atoms. The summed E-state index contributed by atoms with van der Waals surface area (Å²) in [6.07, 6.45) is -4.08. The van der Waals surface area contributed by atoms with Gasteiger partial charge in [0.1, 0.15) is 0 Å². The fourth-order valence-electron chi connectivity index (χ4n) is 0.132. The van der Waals surface area contributed by atoms with E-state index < -0.39 is 6.18 Å². The summed E-state index contributed by atoms with van der Waals surface area (Å²) in [4.78, 5) is 0. The highest BCUT2D eigenvalue weighted by Gasteiger charge is 2.21. The summed E-state index contributed by atoms with van der Waals surface area (Å²) in [6, 6.07) is 1.22. The number of nitriles is 1. The van der Waals surface area contributed by atoms with Crippen LogP contribution in [0.5, 0.6) is 0 Å². The number of rotatable bonds is 0. The summed E-state index contributed by atoms with van der Waals surface area (Å²) in [6.45, 7) is 0. The van der Waals surface area contributed by atoms with Gasteiger partial charge in [0, 0.05) is 12.2 Å². The van der Waals surface area contributed by atoms with Crippen LogP contribution in [0.15, 0.2) is 12.2 Å². The molecule has 0 fully saturated rings. The van der Waals surface area contributed by atoms with Crippen LogP contribution in [0.25, 0.3) is 0 Å². The topological polar surface area (TPSA) is 23.8 Å². The average Bonchev–Trinajstić information content (AvgIpc) is 1.59.